The summed E-state index contributed by atoms with van der Waals surface area (Å²) in [4.78, 5) is 13.0. The van der Waals surface area contributed by atoms with Crippen molar-refractivity contribution in [3.8, 4) is 0 Å². The van der Waals surface area contributed by atoms with E-state index in [0.717, 1.165) is 0 Å². The first kappa shape index (κ1) is 30.0. The molecule has 0 bridgehead atoms. The largest absolute Gasteiger partial charge is 0.515 e. The third-order valence-electron chi connectivity index (χ3n) is 9.33. The number of aliphatic hydroxyl groups excluding tert-OH is 7. The molecule has 3 saturated heterocycles. The molecule has 0 aromatic heterocycles. The van der Waals surface area contributed by atoms with E-state index in [1.54, 1.807) is 0 Å². The smallest absolute Gasteiger partial charge is 0.337 e. The number of hydrogen-bond acceptors (Lipinski definition) is 14. The molecule has 2 saturated carbocycles. The van der Waals surface area contributed by atoms with Gasteiger partial charge in [0.25, 0.3) is 0 Å². The molecule has 3 heterocycles. The first-order valence-corrected chi connectivity index (χ1v) is 13.7. The molecule has 14 nitrogen and oxygen atoms in total. The van der Waals surface area contributed by atoms with Gasteiger partial charge in [-0.05, 0) is 18.8 Å². The van der Waals surface area contributed by atoms with Gasteiger partial charge < -0.3 is 64.2 Å². The Morgan fingerprint density at radius 1 is 0.875 bits per heavy atom. The van der Waals surface area contributed by atoms with E-state index in [0.29, 0.717) is 19.1 Å². The highest BCUT2D eigenvalue weighted by Crippen LogP contribution is 2.51. The van der Waals surface area contributed by atoms with Crippen LogP contribution in [0, 0.1) is 17.8 Å². The van der Waals surface area contributed by atoms with Crippen LogP contribution >= 0.6 is 0 Å². The van der Waals surface area contributed by atoms with Crippen LogP contribution in [0.2, 0.25) is 0 Å². The van der Waals surface area contributed by atoms with E-state index in [1.165, 1.54) is 14.2 Å². The summed E-state index contributed by atoms with van der Waals surface area (Å²) in [7, 11) is 2.93. The summed E-state index contributed by atoms with van der Waals surface area (Å²) in [5, 5.41) is 72.5. The van der Waals surface area contributed by atoms with Crippen LogP contribution in [-0.4, -0.2) is 142 Å². The van der Waals surface area contributed by atoms with Crippen molar-refractivity contribution in [2.45, 2.75) is 105 Å². The highest BCUT2D eigenvalue weighted by atomic mass is 16.7. The molecule has 0 amide bonds. The van der Waals surface area contributed by atoms with Crippen molar-refractivity contribution in [1.82, 2.24) is 0 Å². The number of methoxy groups -OCH3 is 2. The normalized spacial score (nSPS) is 52.2. The van der Waals surface area contributed by atoms with E-state index >= 15 is 0 Å². The fraction of sp³-hybridized carbons (Fsp3) is 0.885. The Kier molecular flexibility index (Phi) is 9.05. The monoisotopic (exact) mass is 576 g/mol. The van der Waals surface area contributed by atoms with Gasteiger partial charge in [-0.2, -0.15) is 0 Å². The zero-order valence-corrected chi connectivity index (χ0v) is 22.3. The number of aliphatic hydroxyl groups is 7. The van der Waals surface area contributed by atoms with Gasteiger partial charge in [0.2, 0.25) is 0 Å². The molecule has 14 atom stereocenters. The average Bonchev–Trinajstić information content (AvgIpc) is 2.94. The van der Waals surface area contributed by atoms with Crippen LogP contribution in [0.15, 0.2) is 11.8 Å². The fourth-order valence-corrected chi connectivity index (χ4v) is 7.32. The Morgan fingerprint density at radius 2 is 1.52 bits per heavy atom. The van der Waals surface area contributed by atoms with Crippen molar-refractivity contribution in [2.24, 2.45) is 17.8 Å². The van der Waals surface area contributed by atoms with Gasteiger partial charge in [-0.1, -0.05) is 0 Å². The minimum Gasteiger partial charge on any atom is -0.515 e. The van der Waals surface area contributed by atoms with Gasteiger partial charge in [-0.3, -0.25) is 0 Å². The molecule has 5 rings (SSSR count). The summed E-state index contributed by atoms with van der Waals surface area (Å²) in [6.07, 6.45) is -12.3. The Hall–Kier alpha value is -1.43. The molecule has 0 aromatic carbocycles. The van der Waals surface area contributed by atoms with Crippen molar-refractivity contribution in [3.63, 3.8) is 0 Å². The predicted molar refractivity (Wildman–Crippen MR) is 130 cm³/mol. The molecule has 14 heteroatoms. The molecule has 9 unspecified atom stereocenters. The maximum Gasteiger partial charge on any atom is 0.337 e. The van der Waals surface area contributed by atoms with Crippen molar-refractivity contribution in [1.29, 1.82) is 0 Å². The second-order valence-corrected chi connectivity index (χ2v) is 11.5. The van der Waals surface area contributed by atoms with Gasteiger partial charge in [0, 0.05) is 38.9 Å². The molecule has 228 valence electrons. The van der Waals surface area contributed by atoms with Gasteiger partial charge in [-0.15, -0.1) is 0 Å². The second-order valence-electron chi connectivity index (χ2n) is 11.5. The van der Waals surface area contributed by atoms with Crippen molar-refractivity contribution >= 4 is 5.97 Å². The third-order valence-corrected chi connectivity index (χ3v) is 9.33. The van der Waals surface area contributed by atoms with Crippen molar-refractivity contribution < 1.29 is 69.0 Å². The van der Waals surface area contributed by atoms with Gasteiger partial charge in [0.05, 0.1) is 55.1 Å². The third kappa shape index (κ3) is 5.17. The summed E-state index contributed by atoms with van der Waals surface area (Å²) in [6, 6.07) is 0. The Labute approximate surface area is 231 Å². The van der Waals surface area contributed by atoms with Crippen LogP contribution in [0.25, 0.3) is 0 Å². The molecule has 5 fully saturated rings. The second kappa shape index (κ2) is 12.1. The van der Waals surface area contributed by atoms with Crippen LogP contribution in [0.3, 0.4) is 0 Å². The standard InChI is InChI=1S/C26H40O14/c1-35-14-3-9(4-15(36-2)19(14)30)23-24(40-26-22(33)21(32)20(31)16(8-28)39-26)17-11(7-27)25(34)38-13-6-10(29)5-12(37-23)18(13)17/h7,9-10,12-24,26-33H,3-6,8H2,1-2H3/t9?,10?,12?,13?,14?,15?,16-,17?,18?,19?,20-,21+,22-,23?,24?,26+/m1/s1. The van der Waals surface area contributed by atoms with E-state index in [1.807, 2.05) is 0 Å². The summed E-state index contributed by atoms with van der Waals surface area (Å²) in [6.45, 7) is -0.664. The van der Waals surface area contributed by atoms with Gasteiger partial charge in [0.15, 0.2) is 6.29 Å². The number of ether oxygens (including phenoxy) is 6. The van der Waals surface area contributed by atoms with Gasteiger partial charge in [0.1, 0.15) is 36.6 Å². The topological polar surface area (TPSA) is 214 Å². The van der Waals surface area contributed by atoms with E-state index < -0.39 is 104 Å². The summed E-state index contributed by atoms with van der Waals surface area (Å²) in [5.41, 5.74) is -0.0760. The summed E-state index contributed by atoms with van der Waals surface area (Å²) >= 11 is 0. The molecule has 7 N–H and O–H groups in total. The quantitative estimate of drug-likeness (QED) is 0.0989. The van der Waals surface area contributed by atoms with Crippen LogP contribution in [0.4, 0.5) is 0 Å². The Balaban J connectivity index is 1.54. The maximum atomic E-state index is 13.0. The lowest BCUT2D eigenvalue weighted by Gasteiger charge is -2.57. The average molecular weight is 577 g/mol. The highest BCUT2D eigenvalue weighted by Gasteiger charge is 2.61. The molecule has 40 heavy (non-hydrogen) atoms. The number of esters is 1. The number of carbonyl (C=O) groups excluding carboxylic acids is 1. The lowest BCUT2D eigenvalue weighted by Crippen LogP contribution is -2.67. The van der Waals surface area contributed by atoms with E-state index in [4.69, 9.17) is 28.4 Å². The van der Waals surface area contributed by atoms with Crippen LogP contribution in [-0.2, 0) is 33.2 Å². The molecule has 0 radical (unpaired) electrons. The van der Waals surface area contributed by atoms with Crippen molar-refractivity contribution in [2.75, 3.05) is 20.8 Å². The van der Waals surface area contributed by atoms with E-state index in [2.05, 4.69) is 0 Å². The molecule has 5 aliphatic rings. The predicted octanol–water partition coefficient (Wildman–Crippen LogP) is -2.51. The molecule has 0 spiro atoms. The maximum absolute atomic E-state index is 13.0. The van der Waals surface area contributed by atoms with E-state index in [9.17, 15) is 40.5 Å². The minimum absolute atomic E-state index is 0.0760. The van der Waals surface area contributed by atoms with Crippen LogP contribution in [0.5, 0.6) is 0 Å². The lowest BCUT2D eigenvalue weighted by atomic mass is 9.63. The number of rotatable bonds is 6. The summed E-state index contributed by atoms with van der Waals surface area (Å²) < 4.78 is 35.2. The van der Waals surface area contributed by atoms with E-state index in [-0.39, 0.29) is 24.3 Å². The lowest BCUT2D eigenvalue weighted by molar-refractivity contribution is -0.343. The van der Waals surface area contributed by atoms with Crippen molar-refractivity contribution in [3.05, 3.63) is 11.8 Å². The highest BCUT2D eigenvalue weighted by molar-refractivity contribution is 5.90. The van der Waals surface area contributed by atoms with Gasteiger partial charge >= 0.3 is 5.97 Å². The molecule has 3 aliphatic heterocycles. The molecular weight excluding hydrogens is 536 g/mol. The zero-order chi connectivity index (χ0) is 28.9. The van der Waals surface area contributed by atoms with Gasteiger partial charge in [-0.25, -0.2) is 4.79 Å². The van der Waals surface area contributed by atoms with Crippen LogP contribution < -0.4 is 0 Å². The first-order chi connectivity index (χ1) is 19.1. The molecule has 2 aliphatic carbocycles. The zero-order valence-electron chi connectivity index (χ0n) is 22.3. The number of carbonyl (C=O) groups is 1. The first-order valence-electron chi connectivity index (χ1n) is 13.7. The Morgan fingerprint density at radius 3 is 2.12 bits per heavy atom. The molecule has 0 aromatic rings. The number of hydrogen-bond donors (Lipinski definition) is 7. The minimum atomic E-state index is -1.72. The Bertz CT molecular complexity index is 915. The fourth-order valence-electron chi connectivity index (χ4n) is 7.32. The SMILES string of the molecule is COC1CC(C2OC3CC(O)CC4OC(=O)C(=CO)C(C2O[C@@H]2O[C@H](CO)[C@@H](O)[C@H](O)[C@H]2O)C43)CC(OC)C1O. The van der Waals surface area contributed by atoms with Crippen LogP contribution in [0.1, 0.15) is 25.7 Å². The molecular formula is C26H40O14. The summed E-state index contributed by atoms with van der Waals surface area (Å²) in [5.74, 6) is -2.51.